The van der Waals surface area contributed by atoms with Crippen LogP contribution in [-0.2, 0) is 11.2 Å². The van der Waals surface area contributed by atoms with E-state index in [0.29, 0.717) is 18.8 Å². The van der Waals surface area contributed by atoms with E-state index < -0.39 is 0 Å². The molecular weight excluding hydrogens is 200 g/mol. The summed E-state index contributed by atoms with van der Waals surface area (Å²) in [5.41, 5.74) is 2.15. The fourth-order valence-electron chi connectivity index (χ4n) is 1.79. The highest BCUT2D eigenvalue weighted by Gasteiger charge is 2.10. The van der Waals surface area contributed by atoms with Crippen LogP contribution < -0.4 is 4.74 Å². The number of benzene rings is 1. The topological polar surface area (TPSA) is 26.3 Å². The number of Topliss-reactive ketones (excluding diaryl/α,β-unsaturated/α-hetero) is 1. The monoisotopic (exact) mass is 220 g/mol. The third-order valence-electron chi connectivity index (χ3n) is 2.46. The van der Waals surface area contributed by atoms with E-state index in [-0.39, 0.29) is 5.78 Å². The Morgan fingerprint density at radius 2 is 2.06 bits per heavy atom. The molecule has 0 spiro atoms. The van der Waals surface area contributed by atoms with Gasteiger partial charge in [-0.3, -0.25) is 4.79 Å². The van der Waals surface area contributed by atoms with Gasteiger partial charge in [0, 0.05) is 18.4 Å². The van der Waals surface area contributed by atoms with Gasteiger partial charge in [-0.1, -0.05) is 31.5 Å². The molecule has 0 amide bonds. The van der Waals surface area contributed by atoms with E-state index in [2.05, 4.69) is 13.8 Å². The van der Waals surface area contributed by atoms with Gasteiger partial charge >= 0.3 is 0 Å². The fraction of sp³-hybridized carbons (Fsp3) is 0.500. The summed E-state index contributed by atoms with van der Waals surface area (Å²) in [6.45, 7) is 6.15. The first-order valence-corrected chi connectivity index (χ1v) is 5.68. The van der Waals surface area contributed by atoms with Gasteiger partial charge in [-0.25, -0.2) is 0 Å². The number of carbonyl (C=O) groups excluding carboxylic acids is 1. The van der Waals surface area contributed by atoms with Crippen molar-refractivity contribution in [1.82, 2.24) is 0 Å². The van der Waals surface area contributed by atoms with Crippen molar-refractivity contribution in [1.29, 1.82) is 0 Å². The van der Waals surface area contributed by atoms with Gasteiger partial charge in [0.15, 0.2) is 0 Å². The summed E-state index contributed by atoms with van der Waals surface area (Å²) in [6.07, 6.45) is 1.11. The minimum Gasteiger partial charge on any atom is -0.496 e. The van der Waals surface area contributed by atoms with Crippen LogP contribution in [0, 0.1) is 12.8 Å². The number of ether oxygens (including phenoxy) is 1. The van der Waals surface area contributed by atoms with Gasteiger partial charge in [0.25, 0.3) is 0 Å². The molecule has 0 atom stereocenters. The SMILES string of the molecule is COc1ccc(C)cc1CC(=O)CC(C)C. The fourth-order valence-corrected chi connectivity index (χ4v) is 1.79. The van der Waals surface area contributed by atoms with E-state index in [4.69, 9.17) is 4.74 Å². The molecule has 0 aliphatic heterocycles. The lowest BCUT2D eigenvalue weighted by Crippen LogP contribution is -2.07. The van der Waals surface area contributed by atoms with Crippen molar-refractivity contribution in [3.8, 4) is 5.75 Å². The van der Waals surface area contributed by atoms with Gasteiger partial charge in [0.2, 0.25) is 0 Å². The number of aryl methyl sites for hydroxylation is 1. The number of rotatable bonds is 5. The highest BCUT2D eigenvalue weighted by atomic mass is 16.5. The van der Waals surface area contributed by atoms with Crippen LogP contribution in [0.25, 0.3) is 0 Å². The van der Waals surface area contributed by atoms with E-state index in [1.54, 1.807) is 7.11 Å². The Balaban J connectivity index is 2.79. The zero-order chi connectivity index (χ0) is 12.1. The van der Waals surface area contributed by atoms with Crippen molar-refractivity contribution in [2.75, 3.05) is 7.11 Å². The molecule has 0 heterocycles. The van der Waals surface area contributed by atoms with Crippen LogP contribution in [0.3, 0.4) is 0 Å². The largest absolute Gasteiger partial charge is 0.496 e. The molecule has 16 heavy (non-hydrogen) atoms. The van der Waals surface area contributed by atoms with Crippen molar-refractivity contribution in [3.05, 3.63) is 29.3 Å². The van der Waals surface area contributed by atoms with Gasteiger partial charge < -0.3 is 4.74 Å². The first-order chi connectivity index (χ1) is 7.52. The molecule has 0 bridgehead atoms. The summed E-state index contributed by atoms with van der Waals surface area (Å²) in [5.74, 6) is 1.50. The first kappa shape index (κ1) is 12.8. The summed E-state index contributed by atoms with van der Waals surface area (Å²) in [6, 6.07) is 5.94. The molecule has 0 N–H and O–H groups in total. The number of methoxy groups -OCH3 is 1. The second kappa shape index (κ2) is 5.69. The van der Waals surface area contributed by atoms with Gasteiger partial charge in [0.1, 0.15) is 11.5 Å². The van der Waals surface area contributed by atoms with Crippen molar-refractivity contribution < 1.29 is 9.53 Å². The van der Waals surface area contributed by atoms with Gasteiger partial charge in [0.05, 0.1) is 7.11 Å². The second-order valence-electron chi connectivity index (χ2n) is 4.63. The lowest BCUT2D eigenvalue weighted by atomic mass is 9.99. The van der Waals surface area contributed by atoms with Crippen LogP contribution in [-0.4, -0.2) is 12.9 Å². The summed E-state index contributed by atoms with van der Waals surface area (Å²) in [5, 5.41) is 0. The van der Waals surface area contributed by atoms with Gasteiger partial charge in [-0.2, -0.15) is 0 Å². The molecule has 1 aromatic carbocycles. The summed E-state index contributed by atoms with van der Waals surface area (Å²) in [4.78, 5) is 11.7. The molecule has 0 unspecified atom stereocenters. The number of ketones is 1. The number of carbonyl (C=O) groups is 1. The third-order valence-corrected chi connectivity index (χ3v) is 2.46. The molecule has 0 aliphatic rings. The Morgan fingerprint density at radius 3 is 2.62 bits per heavy atom. The molecular formula is C14H20O2. The predicted octanol–water partition coefficient (Wildman–Crippen LogP) is 3.16. The molecule has 2 heteroatoms. The molecule has 2 nitrogen and oxygen atoms in total. The molecule has 0 saturated carbocycles. The quantitative estimate of drug-likeness (QED) is 0.762. The van der Waals surface area contributed by atoms with Crippen molar-refractivity contribution in [2.45, 2.75) is 33.6 Å². The average Bonchev–Trinajstić information content (AvgIpc) is 2.16. The van der Waals surface area contributed by atoms with E-state index in [0.717, 1.165) is 16.9 Å². The zero-order valence-corrected chi connectivity index (χ0v) is 10.5. The lowest BCUT2D eigenvalue weighted by molar-refractivity contribution is -0.119. The van der Waals surface area contributed by atoms with E-state index in [1.807, 2.05) is 25.1 Å². The minimum absolute atomic E-state index is 0.277. The standard InChI is InChI=1S/C14H20O2/c1-10(2)7-13(15)9-12-8-11(3)5-6-14(12)16-4/h5-6,8,10H,7,9H2,1-4H3. The molecule has 0 fully saturated rings. The molecule has 0 radical (unpaired) electrons. The first-order valence-electron chi connectivity index (χ1n) is 5.68. The second-order valence-corrected chi connectivity index (χ2v) is 4.63. The Bertz CT molecular complexity index is 367. The van der Waals surface area contributed by atoms with E-state index in [1.165, 1.54) is 0 Å². The van der Waals surface area contributed by atoms with E-state index in [9.17, 15) is 4.79 Å². The molecule has 0 saturated heterocycles. The Labute approximate surface area is 97.6 Å². The zero-order valence-electron chi connectivity index (χ0n) is 10.5. The van der Waals surface area contributed by atoms with Crippen LogP contribution >= 0.6 is 0 Å². The maximum absolute atomic E-state index is 11.7. The maximum Gasteiger partial charge on any atom is 0.137 e. The van der Waals surface area contributed by atoms with Crippen LogP contribution in [0.1, 0.15) is 31.4 Å². The average molecular weight is 220 g/mol. The minimum atomic E-state index is 0.277. The summed E-state index contributed by atoms with van der Waals surface area (Å²) >= 11 is 0. The lowest BCUT2D eigenvalue weighted by Gasteiger charge is -2.09. The van der Waals surface area contributed by atoms with Crippen molar-refractivity contribution in [3.63, 3.8) is 0 Å². The normalized spacial score (nSPS) is 10.6. The number of hydrogen-bond donors (Lipinski definition) is 0. The highest BCUT2D eigenvalue weighted by molar-refractivity contribution is 5.81. The molecule has 1 rings (SSSR count). The third kappa shape index (κ3) is 3.69. The van der Waals surface area contributed by atoms with Crippen LogP contribution in [0.15, 0.2) is 18.2 Å². The maximum atomic E-state index is 11.7. The molecule has 1 aromatic rings. The molecule has 0 aliphatic carbocycles. The molecule has 88 valence electrons. The van der Waals surface area contributed by atoms with Crippen molar-refractivity contribution in [2.24, 2.45) is 5.92 Å². The Hall–Kier alpha value is -1.31. The van der Waals surface area contributed by atoms with Crippen molar-refractivity contribution >= 4 is 5.78 Å². The van der Waals surface area contributed by atoms with Crippen LogP contribution in [0.2, 0.25) is 0 Å². The smallest absolute Gasteiger partial charge is 0.137 e. The van der Waals surface area contributed by atoms with Gasteiger partial charge in [-0.15, -0.1) is 0 Å². The highest BCUT2D eigenvalue weighted by Crippen LogP contribution is 2.21. The summed E-state index contributed by atoms with van der Waals surface area (Å²) < 4.78 is 5.25. The van der Waals surface area contributed by atoms with Crippen LogP contribution in [0.5, 0.6) is 5.75 Å². The summed E-state index contributed by atoms with van der Waals surface area (Å²) in [7, 11) is 1.64. The van der Waals surface area contributed by atoms with Gasteiger partial charge in [-0.05, 0) is 18.9 Å². The Morgan fingerprint density at radius 1 is 1.38 bits per heavy atom. The predicted molar refractivity (Wildman–Crippen MR) is 65.9 cm³/mol. The number of hydrogen-bond acceptors (Lipinski definition) is 2. The molecule has 0 aromatic heterocycles. The van der Waals surface area contributed by atoms with E-state index >= 15 is 0 Å². The Kier molecular flexibility index (Phi) is 4.53. The van der Waals surface area contributed by atoms with Crippen LogP contribution in [0.4, 0.5) is 0 Å².